The summed E-state index contributed by atoms with van der Waals surface area (Å²) in [6, 6.07) is 6.45. The molecule has 2 N–H and O–H groups in total. The maximum atomic E-state index is 15.1. The molecule has 10 heteroatoms. The van der Waals surface area contributed by atoms with Crippen molar-refractivity contribution in [3.05, 3.63) is 64.7 Å². The van der Waals surface area contributed by atoms with Gasteiger partial charge in [0.1, 0.15) is 17.9 Å². The molecule has 1 aliphatic heterocycles. The quantitative estimate of drug-likeness (QED) is 0.613. The van der Waals surface area contributed by atoms with E-state index < -0.39 is 17.2 Å². The molecule has 7 nitrogen and oxygen atoms in total. The molecular weight excluding hydrogens is 446 g/mol. The van der Waals surface area contributed by atoms with Crippen molar-refractivity contribution in [2.75, 3.05) is 13.7 Å². The Bertz CT molecular complexity index is 1360. The van der Waals surface area contributed by atoms with E-state index in [-0.39, 0.29) is 22.6 Å². The normalized spacial score (nSPS) is 25.9. The van der Waals surface area contributed by atoms with Gasteiger partial charge in [-0.05, 0) is 37.1 Å². The van der Waals surface area contributed by atoms with Gasteiger partial charge in [0.25, 0.3) is 0 Å². The van der Waals surface area contributed by atoms with Crippen LogP contribution in [0.3, 0.4) is 0 Å². The molecule has 33 heavy (non-hydrogen) atoms. The molecule has 5 rings (SSSR count). The van der Waals surface area contributed by atoms with Crippen molar-refractivity contribution in [1.82, 2.24) is 15.0 Å². The molecule has 0 amide bonds. The second-order valence-electron chi connectivity index (χ2n) is 8.59. The summed E-state index contributed by atoms with van der Waals surface area (Å²) >= 11 is 1.44. The number of hydrogen-bond donors (Lipinski definition) is 1. The lowest BCUT2D eigenvalue weighted by molar-refractivity contribution is 0.184. The van der Waals surface area contributed by atoms with Gasteiger partial charge in [0, 0.05) is 31.2 Å². The van der Waals surface area contributed by atoms with E-state index in [4.69, 9.17) is 15.7 Å². The zero-order valence-electron chi connectivity index (χ0n) is 18.0. The average molecular weight is 467 g/mol. The molecule has 0 unspecified atom stereocenters. The van der Waals surface area contributed by atoms with Crippen LogP contribution in [0.1, 0.15) is 35.7 Å². The van der Waals surface area contributed by atoms with Crippen molar-refractivity contribution in [3.63, 3.8) is 0 Å². The van der Waals surface area contributed by atoms with Gasteiger partial charge in [-0.3, -0.25) is 9.98 Å². The Morgan fingerprint density at radius 2 is 2.09 bits per heavy atom. The summed E-state index contributed by atoms with van der Waals surface area (Å²) in [5.41, 5.74) is 7.74. The number of halogens is 2. The lowest BCUT2D eigenvalue weighted by atomic mass is 9.84. The summed E-state index contributed by atoms with van der Waals surface area (Å²) in [4.78, 5) is 17.4. The number of methoxy groups -OCH3 is 1. The molecule has 2 aromatic heterocycles. The highest BCUT2D eigenvalue weighted by molar-refractivity contribution is 8.15. The van der Waals surface area contributed by atoms with Crippen LogP contribution in [0.15, 0.2) is 35.7 Å². The van der Waals surface area contributed by atoms with E-state index in [0.717, 1.165) is 6.42 Å². The first kappa shape index (κ1) is 21.7. The summed E-state index contributed by atoms with van der Waals surface area (Å²) in [5.74, 6) is -1.91. The highest BCUT2D eigenvalue weighted by atomic mass is 32.2. The van der Waals surface area contributed by atoms with Crippen LogP contribution >= 0.6 is 11.8 Å². The zero-order valence-corrected chi connectivity index (χ0v) is 18.8. The fourth-order valence-corrected chi connectivity index (χ4v) is 6.28. The van der Waals surface area contributed by atoms with Gasteiger partial charge in [-0.2, -0.15) is 5.26 Å². The van der Waals surface area contributed by atoms with Crippen LogP contribution in [-0.4, -0.2) is 38.6 Å². The predicted octanol–water partition coefficient (Wildman–Crippen LogP) is 3.45. The van der Waals surface area contributed by atoms with E-state index in [9.17, 15) is 4.39 Å². The maximum absolute atomic E-state index is 15.1. The van der Waals surface area contributed by atoms with Crippen molar-refractivity contribution < 1.29 is 13.5 Å². The number of amidine groups is 1. The van der Waals surface area contributed by atoms with Crippen molar-refractivity contribution in [1.29, 1.82) is 5.26 Å². The number of nitrogens with two attached hydrogens (primary N) is 1. The van der Waals surface area contributed by atoms with Crippen LogP contribution in [0.25, 0.3) is 11.0 Å². The molecule has 0 spiro atoms. The summed E-state index contributed by atoms with van der Waals surface area (Å²) in [6.45, 7) is 2.26. The SMILES string of the molecule is COC[C@]12C[C@H]1[C@@](C)(c1cc(Cc3ncnc4cc(C#N)cnc34)cc(F)c1F)N=C(N)S2. The number of ether oxygens (including phenoxy) is 1. The third kappa shape index (κ3) is 3.52. The van der Waals surface area contributed by atoms with Gasteiger partial charge in [0.05, 0.1) is 33.7 Å². The maximum Gasteiger partial charge on any atom is 0.164 e. The minimum Gasteiger partial charge on any atom is -0.383 e. The van der Waals surface area contributed by atoms with E-state index in [2.05, 4.69) is 19.9 Å². The Kier molecular flexibility index (Phi) is 5.06. The Hall–Kier alpha value is -3.16. The van der Waals surface area contributed by atoms with Crippen LogP contribution in [-0.2, 0) is 16.7 Å². The molecule has 2 aliphatic rings. The lowest BCUT2D eigenvalue weighted by Gasteiger charge is -2.34. The monoisotopic (exact) mass is 466 g/mol. The number of thioether (sulfide) groups is 1. The first-order valence-corrected chi connectivity index (χ1v) is 11.1. The van der Waals surface area contributed by atoms with Crippen LogP contribution in [0.5, 0.6) is 0 Å². The van der Waals surface area contributed by atoms with Crippen molar-refractivity contribution in [2.24, 2.45) is 16.6 Å². The van der Waals surface area contributed by atoms with E-state index in [1.54, 1.807) is 26.2 Å². The van der Waals surface area contributed by atoms with E-state index in [1.807, 2.05) is 6.07 Å². The first-order chi connectivity index (χ1) is 15.8. The fourth-order valence-electron chi connectivity index (χ4n) is 4.82. The Morgan fingerprint density at radius 1 is 1.27 bits per heavy atom. The van der Waals surface area contributed by atoms with Crippen LogP contribution in [0, 0.1) is 28.9 Å². The van der Waals surface area contributed by atoms with Gasteiger partial charge in [-0.25, -0.2) is 18.7 Å². The molecule has 1 saturated carbocycles. The zero-order chi connectivity index (χ0) is 23.4. The van der Waals surface area contributed by atoms with Gasteiger partial charge in [0.15, 0.2) is 16.8 Å². The average Bonchev–Trinajstić information content (AvgIpc) is 3.50. The molecule has 0 saturated heterocycles. The van der Waals surface area contributed by atoms with Gasteiger partial charge in [-0.15, -0.1) is 0 Å². The second kappa shape index (κ2) is 7.71. The van der Waals surface area contributed by atoms with Gasteiger partial charge < -0.3 is 10.5 Å². The molecule has 0 bridgehead atoms. The molecule has 3 aromatic rings. The summed E-state index contributed by atoms with van der Waals surface area (Å²) in [7, 11) is 1.62. The number of nitriles is 1. The van der Waals surface area contributed by atoms with Crippen LogP contribution in [0.2, 0.25) is 0 Å². The van der Waals surface area contributed by atoms with E-state index >= 15 is 4.39 Å². The highest BCUT2D eigenvalue weighted by Crippen LogP contribution is 2.66. The molecule has 0 radical (unpaired) electrons. The predicted molar refractivity (Wildman–Crippen MR) is 120 cm³/mol. The number of rotatable bonds is 5. The summed E-state index contributed by atoms with van der Waals surface area (Å²) in [6.07, 6.45) is 3.76. The number of aliphatic imine (C=N–C) groups is 1. The summed E-state index contributed by atoms with van der Waals surface area (Å²) < 4.78 is 35.0. The number of benzene rings is 1. The molecule has 1 aliphatic carbocycles. The largest absolute Gasteiger partial charge is 0.383 e. The molecule has 3 heterocycles. The minimum absolute atomic E-state index is 0.0302. The third-order valence-corrected chi connectivity index (χ3v) is 7.70. The molecular formula is C23H20F2N6OS. The minimum atomic E-state index is -1.01. The number of aromatic nitrogens is 3. The van der Waals surface area contributed by atoms with E-state index in [1.165, 1.54) is 30.4 Å². The van der Waals surface area contributed by atoms with Crippen LogP contribution in [0.4, 0.5) is 8.78 Å². The Balaban J connectivity index is 1.57. The number of nitrogens with zero attached hydrogens (tertiary/aromatic N) is 5. The highest BCUT2D eigenvalue weighted by Gasteiger charge is 2.66. The number of fused-ring (bicyclic) bond motifs is 2. The lowest BCUT2D eigenvalue weighted by Crippen LogP contribution is -2.38. The standard InChI is InChI=1S/C23H20F2N6OS/c1-22(18-7-23(18,10-32-2)33-21(27)31-22)14-3-12(4-15(24)19(14)25)5-16-20-17(30-11-29-16)6-13(8-26)9-28-20/h3-4,6,9,11,18H,5,7,10H2,1-2H3,(H2,27,31)/t18-,22+,23+/m0/s1. The molecule has 3 atom stereocenters. The van der Waals surface area contributed by atoms with Gasteiger partial charge in [-0.1, -0.05) is 11.8 Å². The molecule has 168 valence electrons. The second-order valence-corrected chi connectivity index (χ2v) is 10.0. The third-order valence-electron chi connectivity index (χ3n) is 6.43. The topological polar surface area (TPSA) is 110 Å². The van der Waals surface area contributed by atoms with Crippen molar-refractivity contribution >= 4 is 28.0 Å². The Labute approximate surface area is 193 Å². The van der Waals surface area contributed by atoms with Crippen LogP contribution < -0.4 is 5.73 Å². The fraction of sp³-hybridized carbons (Fsp3) is 0.348. The van der Waals surface area contributed by atoms with Crippen molar-refractivity contribution in [3.8, 4) is 6.07 Å². The molecule has 1 fully saturated rings. The Morgan fingerprint density at radius 3 is 2.85 bits per heavy atom. The first-order valence-electron chi connectivity index (χ1n) is 10.3. The van der Waals surface area contributed by atoms with Gasteiger partial charge in [0.2, 0.25) is 0 Å². The summed E-state index contributed by atoms with van der Waals surface area (Å²) in [5, 5.41) is 9.43. The van der Waals surface area contributed by atoms with E-state index in [0.29, 0.717) is 39.6 Å². The number of pyridine rings is 1. The molecule has 1 aromatic carbocycles. The van der Waals surface area contributed by atoms with Gasteiger partial charge >= 0.3 is 0 Å². The number of hydrogen-bond acceptors (Lipinski definition) is 8. The van der Waals surface area contributed by atoms with Crippen molar-refractivity contribution in [2.45, 2.75) is 30.1 Å². The smallest absolute Gasteiger partial charge is 0.164 e.